The van der Waals surface area contributed by atoms with Gasteiger partial charge in [-0.3, -0.25) is 0 Å². The Labute approximate surface area is 151 Å². The second kappa shape index (κ2) is 7.07. The number of rotatable bonds is 5. The lowest BCUT2D eigenvalue weighted by atomic mass is 10.0. The Morgan fingerprint density at radius 2 is 2.35 bits per heavy atom. The molecule has 0 fully saturated rings. The van der Waals surface area contributed by atoms with E-state index >= 15 is 0 Å². The maximum atomic E-state index is 12.0. The van der Waals surface area contributed by atoms with Crippen LogP contribution in [-0.4, -0.2) is 28.1 Å². The number of hydrogen-bond donors (Lipinski definition) is 1. The summed E-state index contributed by atoms with van der Waals surface area (Å²) < 4.78 is 13.1. The van der Waals surface area contributed by atoms with E-state index < -0.39 is 6.10 Å². The van der Waals surface area contributed by atoms with E-state index in [1.807, 2.05) is 35.0 Å². The molecule has 0 amide bonds. The van der Waals surface area contributed by atoms with E-state index in [2.05, 4.69) is 22.4 Å². The topological polar surface area (TPSA) is 64.9 Å². The smallest absolute Gasteiger partial charge is 0.347 e. The maximum Gasteiger partial charge on any atom is 0.347 e. The van der Waals surface area contributed by atoms with Crippen LogP contribution < -0.4 is 10.1 Å². The number of anilines is 1. The van der Waals surface area contributed by atoms with E-state index in [0.717, 1.165) is 34.5 Å². The largest absolute Gasteiger partial charge is 0.476 e. The molecular weight excluding hydrogens is 330 g/mol. The number of para-hydroxylation sites is 1. The molecule has 1 aromatic carbocycles. The van der Waals surface area contributed by atoms with Crippen molar-refractivity contribution in [3.63, 3.8) is 0 Å². The number of nitrogens with one attached hydrogen (secondary N) is 1. The standard InChI is InChI=1S/C20H21N3O3/c1-2-25-20(24)18-7-6-15-4-3-5-17(19(15)26-18)22-11-14-8-9-23-13-21-12-16(23)10-14/h3-5,8-10,12-13,18,22H,2,6-7,11H2,1H3. The third-order valence-corrected chi connectivity index (χ3v) is 4.54. The molecule has 26 heavy (non-hydrogen) atoms. The Bertz CT molecular complexity index is 935. The highest BCUT2D eigenvalue weighted by Crippen LogP contribution is 2.35. The fourth-order valence-electron chi connectivity index (χ4n) is 3.22. The summed E-state index contributed by atoms with van der Waals surface area (Å²) in [7, 11) is 0. The van der Waals surface area contributed by atoms with Crippen LogP contribution in [0.3, 0.4) is 0 Å². The summed E-state index contributed by atoms with van der Waals surface area (Å²) in [4.78, 5) is 16.2. The van der Waals surface area contributed by atoms with Gasteiger partial charge < -0.3 is 19.2 Å². The molecule has 6 nitrogen and oxygen atoms in total. The maximum absolute atomic E-state index is 12.0. The number of imidazole rings is 1. The monoisotopic (exact) mass is 351 g/mol. The average Bonchev–Trinajstić information content (AvgIpc) is 3.14. The lowest BCUT2D eigenvalue weighted by Gasteiger charge is -2.26. The van der Waals surface area contributed by atoms with Gasteiger partial charge in [0.1, 0.15) is 5.75 Å². The highest BCUT2D eigenvalue weighted by Gasteiger charge is 2.28. The van der Waals surface area contributed by atoms with E-state index in [-0.39, 0.29) is 5.97 Å². The lowest BCUT2D eigenvalue weighted by Crippen LogP contribution is -2.33. The predicted molar refractivity (Wildman–Crippen MR) is 98.3 cm³/mol. The van der Waals surface area contributed by atoms with Crippen LogP contribution in [0.4, 0.5) is 5.69 Å². The van der Waals surface area contributed by atoms with Crippen molar-refractivity contribution in [1.82, 2.24) is 9.38 Å². The molecule has 0 saturated heterocycles. The molecule has 1 atom stereocenters. The summed E-state index contributed by atoms with van der Waals surface area (Å²) in [6.07, 6.45) is 6.52. The summed E-state index contributed by atoms with van der Waals surface area (Å²) in [6, 6.07) is 10.2. The third-order valence-electron chi connectivity index (χ3n) is 4.54. The van der Waals surface area contributed by atoms with Crippen LogP contribution in [0.15, 0.2) is 49.1 Å². The summed E-state index contributed by atoms with van der Waals surface area (Å²) in [5.41, 5.74) is 4.21. The van der Waals surface area contributed by atoms with Gasteiger partial charge in [0.25, 0.3) is 0 Å². The van der Waals surface area contributed by atoms with Crippen molar-refractivity contribution in [2.75, 3.05) is 11.9 Å². The fourth-order valence-corrected chi connectivity index (χ4v) is 3.22. The van der Waals surface area contributed by atoms with Crippen molar-refractivity contribution in [2.24, 2.45) is 0 Å². The first-order chi connectivity index (χ1) is 12.7. The minimum absolute atomic E-state index is 0.292. The molecule has 1 unspecified atom stereocenters. The van der Waals surface area contributed by atoms with Crippen LogP contribution in [0.2, 0.25) is 0 Å². The van der Waals surface area contributed by atoms with Gasteiger partial charge in [-0.1, -0.05) is 12.1 Å². The number of esters is 1. The summed E-state index contributed by atoms with van der Waals surface area (Å²) in [5.74, 6) is 0.460. The molecular formula is C20H21N3O3. The van der Waals surface area contributed by atoms with Crippen LogP contribution in [0, 0.1) is 0 Å². The molecule has 3 aromatic rings. The quantitative estimate of drug-likeness (QED) is 0.715. The first-order valence-corrected chi connectivity index (χ1v) is 8.84. The van der Waals surface area contributed by atoms with Crippen molar-refractivity contribution < 1.29 is 14.3 Å². The summed E-state index contributed by atoms with van der Waals surface area (Å²) >= 11 is 0. The fraction of sp³-hybridized carbons (Fsp3) is 0.300. The Hall–Kier alpha value is -3.02. The number of aryl methyl sites for hydroxylation is 1. The number of carbonyl (C=O) groups is 1. The van der Waals surface area contributed by atoms with Crippen molar-refractivity contribution in [1.29, 1.82) is 0 Å². The predicted octanol–water partition coefficient (Wildman–Crippen LogP) is 3.20. The number of aromatic nitrogens is 2. The average molecular weight is 351 g/mol. The Morgan fingerprint density at radius 3 is 3.23 bits per heavy atom. The van der Waals surface area contributed by atoms with Gasteiger partial charge in [-0.05, 0) is 49.1 Å². The molecule has 6 heteroatoms. The second-order valence-electron chi connectivity index (χ2n) is 6.31. The van der Waals surface area contributed by atoms with Crippen LogP contribution in [-0.2, 0) is 22.5 Å². The molecule has 3 heterocycles. The van der Waals surface area contributed by atoms with Crippen LogP contribution in [0.25, 0.3) is 5.52 Å². The minimum atomic E-state index is -0.534. The van der Waals surface area contributed by atoms with E-state index in [4.69, 9.17) is 9.47 Å². The number of carbonyl (C=O) groups excluding carboxylic acids is 1. The molecule has 134 valence electrons. The van der Waals surface area contributed by atoms with Crippen LogP contribution >= 0.6 is 0 Å². The Balaban J connectivity index is 1.51. The van der Waals surface area contributed by atoms with Gasteiger partial charge in [-0.15, -0.1) is 0 Å². The van der Waals surface area contributed by atoms with Gasteiger partial charge in [0, 0.05) is 12.7 Å². The normalized spacial score (nSPS) is 16.0. The summed E-state index contributed by atoms with van der Waals surface area (Å²) in [5, 5.41) is 3.43. The van der Waals surface area contributed by atoms with E-state index in [0.29, 0.717) is 19.6 Å². The number of fused-ring (bicyclic) bond motifs is 2. The molecule has 4 rings (SSSR count). The van der Waals surface area contributed by atoms with Gasteiger partial charge in [-0.25, -0.2) is 9.78 Å². The van der Waals surface area contributed by atoms with Crippen molar-refractivity contribution >= 4 is 17.2 Å². The molecule has 0 bridgehead atoms. The van der Waals surface area contributed by atoms with E-state index in [1.54, 1.807) is 13.3 Å². The highest BCUT2D eigenvalue weighted by atomic mass is 16.6. The van der Waals surface area contributed by atoms with Crippen molar-refractivity contribution in [3.05, 3.63) is 60.2 Å². The van der Waals surface area contributed by atoms with Crippen molar-refractivity contribution in [3.8, 4) is 5.75 Å². The number of hydrogen-bond acceptors (Lipinski definition) is 5. The SMILES string of the molecule is CCOC(=O)C1CCc2cccc(NCc3ccn4cncc4c3)c2O1. The van der Waals surface area contributed by atoms with Crippen LogP contribution in [0.5, 0.6) is 5.75 Å². The van der Waals surface area contributed by atoms with Gasteiger partial charge in [-0.2, -0.15) is 0 Å². The highest BCUT2D eigenvalue weighted by molar-refractivity contribution is 5.76. The van der Waals surface area contributed by atoms with Gasteiger partial charge in [0.15, 0.2) is 6.10 Å². The molecule has 2 aromatic heterocycles. The Kier molecular flexibility index (Phi) is 4.48. The molecule has 0 aliphatic carbocycles. The zero-order valence-electron chi connectivity index (χ0n) is 14.6. The molecule has 1 aliphatic heterocycles. The van der Waals surface area contributed by atoms with E-state index in [9.17, 15) is 4.79 Å². The number of ether oxygens (including phenoxy) is 2. The van der Waals surface area contributed by atoms with E-state index in [1.165, 1.54) is 0 Å². The first kappa shape index (κ1) is 16.4. The van der Waals surface area contributed by atoms with Gasteiger partial charge in [0.2, 0.25) is 0 Å². The first-order valence-electron chi connectivity index (χ1n) is 8.84. The number of pyridine rings is 1. The van der Waals surface area contributed by atoms with Gasteiger partial charge in [0.05, 0.1) is 30.3 Å². The summed E-state index contributed by atoms with van der Waals surface area (Å²) in [6.45, 7) is 2.83. The minimum Gasteiger partial charge on any atom is -0.476 e. The molecule has 1 N–H and O–H groups in total. The number of nitrogens with zero attached hydrogens (tertiary/aromatic N) is 2. The van der Waals surface area contributed by atoms with Crippen molar-refractivity contribution in [2.45, 2.75) is 32.4 Å². The second-order valence-corrected chi connectivity index (χ2v) is 6.31. The Morgan fingerprint density at radius 1 is 1.42 bits per heavy atom. The lowest BCUT2D eigenvalue weighted by molar-refractivity contribution is -0.152. The third kappa shape index (κ3) is 3.22. The van der Waals surface area contributed by atoms with Gasteiger partial charge >= 0.3 is 5.97 Å². The molecule has 0 radical (unpaired) electrons. The molecule has 0 spiro atoms. The molecule has 1 aliphatic rings. The molecule has 0 saturated carbocycles. The zero-order valence-corrected chi connectivity index (χ0v) is 14.6. The van der Waals surface area contributed by atoms with Crippen LogP contribution in [0.1, 0.15) is 24.5 Å². The number of benzene rings is 1. The zero-order chi connectivity index (χ0) is 17.9.